The third-order valence-electron chi connectivity index (χ3n) is 4.36. The lowest BCUT2D eigenvalue weighted by Gasteiger charge is -2.29. The van der Waals surface area contributed by atoms with Gasteiger partial charge in [0.1, 0.15) is 5.82 Å². The fourth-order valence-electron chi connectivity index (χ4n) is 2.86. The Balaban J connectivity index is 1.86. The van der Waals surface area contributed by atoms with Gasteiger partial charge >= 0.3 is 0 Å². The Morgan fingerprint density at radius 2 is 1.81 bits per heavy atom. The van der Waals surface area contributed by atoms with Gasteiger partial charge in [-0.1, -0.05) is 19.9 Å². The molecule has 140 valence electrons. The maximum atomic E-state index is 12.9. The lowest BCUT2D eigenvalue weighted by atomic mass is 10.1. The Bertz CT molecular complexity index is 697. The Hall–Kier alpha value is -2.05. The van der Waals surface area contributed by atoms with Gasteiger partial charge in [0.25, 0.3) is 0 Å². The number of likely N-dealkylation sites (N-methyl/N-ethyl adjacent to an activating group) is 1. The second-order valence-corrected chi connectivity index (χ2v) is 6.97. The molecule has 0 saturated carbocycles. The number of Topliss-reactive ketones (excluding diaryl/α,β-unsaturated/α-hetero) is 1. The Kier molecular flexibility index (Phi) is 7.94. The average molecular weight is 376 g/mol. The van der Waals surface area contributed by atoms with Crippen molar-refractivity contribution in [2.24, 2.45) is 0 Å². The van der Waals surface area contributed by atoms with Gasteiger partial charge in [0.2, 0.25) is 5.91 Å². The molecular formula is C20H25FN2O2S. The number of hydrogen-bond donors (Lipinski definition) is 1. The molecule has 2 rings (SSSR count). The molecule has 1 atom stereocenters. The summed E-state index contributed by atoms with van der Waals surface area (Å²) in [6.45, 7) is 6.53. The van der Waals surface area contributed by atoms with Gasteiger partial charge in [0.05, 0.1) is 6.04 Å². The number of ketones is 1. The molecule has 0 aliphatic carbocycles. The molecule has 26 heavy (non-hydrogen) atoms. The molecule has 1 amide bonds. The van der Waals surface area contributed by atoms with Crippen molar-refractivity contribution in [2.75, 3.05) is 19.6 Å². The van der Waals surface area contributed by atoms with Crippen LogP contribution in [0.3, 0.4) is 0 Å². The monoisotopic (exact) mass is 376 g/mol. The van der Waals surface area contributed by atoms with Crippen LogP contribution in [0.4, 0.5) is 4.39 Å². The molecule has 0 radical (unpaired) electrons. The predicted octanol–water partition coefficient (Wildman–Crippen LogP) is 4.05. The van der Waals surface area contributed by atoms with Gasteiger partial charge < -0.3 is 5.32 Å². The fourth-order valence-corrected chi connectivity index (χ4v) is 3.72. The Morgan fingerprint density at radius 1 is 1.12 bits per heavy atom. The zero-order chi connectivity index (χ0) is 18.9. The Morgan fingerprint density at radius 3 is 2.38 bits per heavy atom. The minimum atomic E-state index is -0.379. The van der Waals surface area contributed by atoms with Crippen LogP contribution in [-0.4, -0.2) is 36.2 Å². The number of halogens is 1. The summed E-state index contributed by atoms with van der Waals surface area (Å²) in [5.74, 6) is -0.678. The third kappa shape index (κ3) is 5.75. The van der Waals surface area contributed by atoms with E-state index in [4.69, 9.17) is 0 Å². The van der Waals surface area contributed by atoms with Crippen LogP contribution < -0.4 is 5.32 Å². The van der Waals surface area contributed by atoms with Crippen molar-refractivity contribution in [3.05, 3.63) is 58.0 Å². The van der Waals surface area contributed by atoms with Crippen LogP contribution in [0.15, 0.2) is 41.8 Å². The van der Waals surface area contributed by atoms with Crippen LogP contribution in [0.25, 0.3) is 0 Å². The first-order chi connectivity index (χ1) is 12.5. The van der Waals surface area contributed by atoms with E-state index < -0.39 is 0 Å². The van der Waals surface area contributed by atoms with E-state index in [1.54, 1.807) is 11.3 Å². The topological polar surface area (TPSA) is 49.4 Å². The van der Waals surface area contributed by atoms with Crippen LogP contribution in [0, 0.1) is 5.82 Å². The van der Waals surface area contributed by atoms with Crippen molar-refractivity contribution in [2.45, 2.75) is 32.7 Å². The molecule has 1 unspecified atom stereocenters. The van der Waals surface area contributed by atoms with E-state index in [-0.39, 0.29) is 36.4 Å². The summed E-state index contributed by atoms with van der Waals surface area (Å²) in [6.07, 6.45) is 0.248. The zero-order valence-electron chi connectivity index (χ0n) is 15.2. The standard InChI is InChI=1S/C20H25FN2O2S/c1-3-23(4-2)17(19-6-5-13-26-19)14-22-20(25)12-11-18(24)15-7-9-16(21)10-8-15/h5-10,13,17H,3-4,11-12,14H2,1-2H3,(H,22,25). The first-order valence-electron chi connectivity index (χ1n) is 8.88. The smallest absolute Gasteiger partial charge is 0.220 e. The summed E-state index contributed by atoms with van der Waals surface area (Å²) in [6, 6.07) is 9.64. The molecule has 0 saturated heterocycles. The lowest BCUT2D eigenvalue weighted by molar-refractivity contribution is -0.121. The number of thiophene rings is 1. The van der Waals surface area contributed by atoms with Crippen molar-refractivity contribution in [3.63, 3.8) is 0 Å². The second-order valence-electron chi connectivity index (χ2n) is 5.99. The summed E-state index contributed by atoms with van der Waals surface area (Å²) in [5, 5.41) is 4.99. The van der Waals surface area contributed by atoms with E-state index in [0.29, 0.717) is 12.1 Å². The normalized spacial score (nSPS) is 12.2. The first kappa shape index (κ1) is 20.3. The highest BCUT2D eigenvalue weighted by Crippen LogP contribution is 2.24. The molecule has 0 aliphatic rings. The molecule has 4 nitrogen and oxygen atoms in total. The number of nitrogens with zero attached hydrogens (tertiary/aromatic N) is 1. The molecular weight excluding hydrogens is 351 g/mol. The maximum absolute atomic E-state index is 12.9. The minimum absolute atomic E-state index is 0.117. The van der Waals surface area contributed by atoms with Crippen molar-refractivity contribution in [3.8, 4) is 0 Å². The van der Waals surface area contributed by atoms with Crippen LogP contribution in [0.1, 0.15) is 48.0 Å². The molecule has 6 heteroatoms. The highest BCUT2D eigenvalue weighted by molar-refractivity contribution is 7.10. The maximum Gasteiger partial charge on any atom is 0.220 e. The number of hydrogen-bond acceptors (Lipinski definition) is 4. The first-order valence-corrected chi connectivity index (χ1v) is 9.76. The van der Waals surface area contributed by atoms with Crippen LogP contribution in [-0.2, 0) is 4.79 Å². The molecule has 0 fully saturated rings. The SMILES string of the molecule is CCN(CC)C(CNC(=O)CCC(=O)c1ccc(F)cc1)c1cccs1. The van der Waals surface area contributed by atoms with Gasteiger partial charge in [-0.15, -0.1) is 11.3 Å². The summed E-state index contributed by atoms with van der Waals surface area (Å²) in [4.78, 5) is 27.8. The summed E-state index contributed by atoms with van der Waals surface area (Å²) >= 11 is 1.68. The quantitative estimate of drug-likeness (QED) is 0.637. The summed E-state index contributed by atoms with van der Waals surface area (Å²) in [7, 11) is 0. The number of benzene rings is 1. The van der Waals surface area contributed by atoms with Crippen LogP contribution in [0.2, 0.25) is 0 Å². The molecule has 0 bridgehead atoms. The van der Waals surface area contributed by atoms with Crippen molar-refractivity contribution >= 4 is 23.0 Å². The van der Waals surface area contributed by atoms with Gasteiger partial charge in [0, 0.05) is 29.8 Å². The number of carbonyl (C=O) groups is 2. The average Bonchev–Trinajstić information content (AvgIpc) is 3.18. The number of rotatable bonds is 10. The van der Waals surface area contributed by atoms with Crippen molar-refractivity contribution in [1.82, 2.24) is 10.2 Å². The van der Waals surface area contributed by atoms with Crippen molar-refractivity contribution < 1.29 is 14.0 Å². The molecule has 0 aliphatic heterocycles. The predicted molar refractivity (Wildman–Crippen MR) is 103 cm³/mol. The van der Waals surface area contributed by atoms with Crippen LogP contribution >= 0.6 is 11.3 Å². The van der Waals surface area contributed by atoms with E-state index in [2.05, 4.69) is 30.1 Å². The third-order valence-corrected chi connectivity index (χ3v) is 5.34. The van der Waals surface area contributed by atoms with E-state index in [1.165, 1.54) is 29.1 Å². The number of carbonyl (C=O) groups excluding carboxylic acids is 2. The summed E-state index contributed by atoms with van der Waals surface area (Å²) in [5.41, 5.74) is 0.429. The summed E-state index contributed by atoms with van der Waals surface area (Å²) < 4.78 is 12.9. The second kappa shape index (κ2) is 10.2. The van der Waals surface area contributed by atoms with Crippen LogP contribution in [0.5, 0.6) is 0 Å². The molecule has 1 N–H and O–H groups in total. The van der Waals surface area contributed by atoms with Gasteiger partial charge in [-0.05, 0) is 48.8 Å². The van der Waals surface area contributed by atoms with E-state index in [1.807, 2.05) is 11.4 Å². The Labute approximate surface area is 158 Å². The molecule has 1 heterocycles. The largest absolute Gasteiger partial charge is 0.354 e. The van der Waals surface area contributed by atoms with Gasteiger partial charge in [0.15, 0.2) is 5.78 Å². The lowest BCUT2D eigenvalue weighted by Crippen LogP contribution is -2.37. The van der Waals surface area contributed by atoms with E-state index in [9.17, 15) is 14.0 Å². The van der Waals surface area contributed by atoms with E-state index >= 15 is 0 Å². The molecule has 1 aromatic carbocycles. The van der Waals surface area contributed by atoms with E-state index in [0.717, 1.165) is 13.1 Å². The van der Waals surface area contributed by atoms with Gasteiger partial charge in [-0.25, -0.2) is 4.39 Å². The highest BCUT2D eigenvalue weighted by atomic mass is 32.1. The number of nitrogens with one attached hydrogen (secondary N) is 1. The minimum Gasteiger partial charge on any atom is -0.354 e. The zero-order valence-corrected chi connectivity index (χ0v) is 16.0. The number of amides is 1. The van der Waals surface area contributed by atoms with Crippen molar-refractivity contribution in [1.29, 1.82) is 0 Å². The van der Waals surface area contributed by atoms with Gasteiger partial charge in [-0.2, -0.15) is 0 Å². The highest BCUT2D eigenvalue weighted by Gasteiger charge is 2.20. The molecule has 2 aromatic rings. The molecule has 1 aromatic heterocycles. The fraction of sp³-hybridized carbons (Fsp3) is 0.400. The molecule has 0 spiro atoms. The van der Waals surface area contributed by atoms with Gasteiger partial charge in [-0.3, -0.25) is 14.5 Å².